The van der Waals surface area contributed by atoms with E-state index in [1.54, 1.807) is 7.11 Å². The Bertz CT molecular complexity index is 658. The first-order chi connectivity index (χ1) is 10.3. The Hall–Kier alpha value is -2.08. The first-order valence-corrected chi connectivity index (χ1v) is 7.28. The van der Waals surface area contributed by atoms with Gasteiger partial charge in [-0.3, -0.25) is 0 Å². The van der Waals surface area contributed by atoms with Crippen LogP contribution in [0.1, 0.15) is 32.6 Å². The number of para-hydroxylation sites is 2. The molecule has 0 spiro atoms. The first-order valence-electron chi connectivity index (χ1n) is 7.28. The fraction of sp³-hybridized carbons (Fsp3) is 0.500. The molecule has 1 unspecified atom stereocenters. The Labute approximate surface area is 130 Å². The zero-order valence-corrected chi connectivity index (χ0v) is 13.5. The summed E-state index contributed by atoms with van der Waals surface area (Å²) in [6.07, 6.45) is -1.05. The van der Waals surface area contributed by atoms with E-state index in [4.69, 9.17) is 4.74 Å². The number of methoxy groups -OCH3 is 1. The van der Waals surface area contributed by atoms with E-state index in [2.05, 4.69) is 10.3 Å². The summed E-state index contributed by atoms with van der Waals surface area (Å²) in [5, 5.41) is 11.8. The number of amides is 1. The van der Waals surface area contributed by atoms with E-state index in [1.165, 1.54) is 0 Å². The second-order valence-corrected chi connectivity index (χ2v) is 6.35. The smallest absolute Gasteiger partial charge is 0.405 e. The van der Waals surface area contributed by atoms with E-state index < -0.39 is 12.1 Å². The van der Waals surface area contributed by atoms with Crippen LogP contribution in [0.2, 0.25) is 0 Å². The quantitative estimate of drug-likeness (QED) is 0.890. The molecule has 1 aromatic carbocycles. The molecule has 2 rings (SSSR count). The van der Waals surface area contributed by atoms with Crippen LogP contribution < -0.4 is 5.32 Å². The fourth-order valence-corrected chi connectivity index (χ4v) is 2.52. The van der Waals surface area contributed by atoms with Crippen LogP contribution in [0.3, 0.4) is 0 Å². The Morgan fingerprint density at radius 3 is 2.68 bits per heavy atom. The topological polar surface area (TPSA) is 76.4 Å². The Morgan fingerprint density at radius 1 is 1.41 bits per heavy atom. The molecular formula is C16H23N3O3. The van der Waals surface area contributed by atoms with Gasteiger partial charge in [0.15, 0.2) is 0 Å². The summed E-state index contributed by atoms with van der Waals surface area (Å²) in [7, 11) is 1.65. The maximum atomic E-state index is 11.2. The number of aromatic nitrogens is 2. The van der Waals surface area contributed by atoms with Crippen molar-refractivity contribution in [2.24, 2.45) is 5.41 Å². The Balaban J connectivity index is 2.57. The highest BCUT2D eigenvalue weighted by molar-refractivity contribution is 5.76. The highest BCUT2D eigenvalue weighted by Gasteiger charge is 2.32. The van der Waals surface area contributed by atoms with Crippen molar-refractivity contribution < 1.29 is 14.6 Å². The van der Waals surface area contributed by atoms with Crippen molar-refractivity contribution in [2.45, 2.75) is 33.4 Å². The Kier molecular flexibility index (Phi) is 4.71. The molecule has 2 N–H and O–H groups in total. The normalized spacial score (nSPS) is 13.3. The van der Waals surface area contributed by atoms with Gasteiger partial charge in [0.1, 0.15) is 5.82 Å². The summed E-state index contributed by atoms with van der Waals surface area (Å²) >= 11 is 0. The van der Waals surface area contributed by atoms with Gasteiger partial charge >= 0.3 is 6.09 Å². The SMILES string of the molecule is COCCn1c(C(NC(=O)O)C(C)(C)C)nc2ccccc21. The van der Waals surface area contributed by atoms with Crippen LogP contribution in [0.25, 0.3) is 11.0 Å². The van der Waals surface area contributed by atoms with Gasteiger partial charge in [-0.15, -0.1) is 0 Å². The minimum atomic E-state index is -1.05. The number of hydrogen-bond acceptors (Lipinski definition) is 3. The standard InChI is InChI=1S/C16H23N3O3/c1-16(2,3)13(18-15(20)21)14-17-11-7-5-6-8-12(11)19(14)9-10-22-4/h5-8,13,18H,9-10H2,1-4H3,(H,20,21). The van der Waals surface area contributed by atoms with Gasteiger partial charge in [-0.2, -0.15) is 0 Å². The van der Waals surface area contributed by atoms with Crippen molar-refractivity contribution in [3.63, 3.8) is 0 Å². The summed E-state index contributed by atoms with van der Waals surface area (Å²) in [4.78, 5) is 15.9. The molecule has 0 fully saturated rings. The zero-order chi connectivity index (χ0) is 16.3. The number of carboxylic acid groups (broad SMARTS) is 1. The van der Waals surface area contributed by atoms with Gasteiger partial charge in [-0.25, -0.2) is 9.78 Å². The number of fused-ring (bicyclic) bond motifs is 1. The van der Waals surface area contributed by atoms with E-state index in [0.29, 0.717) is 19.0 Å². The molecule has 0 aliphatic rings. The predicted molar refractivity (Wildman–Crippen MR) is 85.0 cm³/mol. The fourth-order valence-electron chi connectivity index (χ4n) is 2.52. The van der Waals surface area contributed by atoms with Crippen molar-refractivity contribution in [1.29, 1.82) is 0 Å². The number of benzene rings is 1. The van der Waals surface area contributed by atoms with Crippen molar-refractivity contribution in [1.82, 2.24) is 14.9 Å². The van der Waals surface area contributed by atoms with Gasteiger partial charge in [0.25, 0.3) is 0 Å². The second-order valence-electron chi connectivity index (χ2n) is 6.35. The van der Waals surface area contributed by atoms with Crippen LogP contribution in [0.15, 0.2) is 24.3 Å². The van der Waals surface area contributed by atoms with Crippen LogP contribution in [0.5, 0.6) is 0 Å². The van der Waals surface area contributed by atoms with Gasteiger partial charge in [0.05, 0.1) is 23.7 Å². The van der Waals surface area contributed by atoms with Crippen LogP contribution in [-0.2, 0) is 11.3 Å². The van der Waals surface area contributed by atoms with Gasteiger partial charge in [-0.05, 0) is 17.5 Å². The van der Waals surface area contributed by atoms with Gasteiger partial charge in [-0.1, -0.05) is 32.9 Å². The van der Waals surface area contributed by atoms with Crippen LogP contribution in [-0.4, -0.2) is 34.5 Å². The second kappa shape index (κ2) is 6.36. The lowest BCUT2D eigenvalue weighted by Crippen LogP contribution is -2.37. The summed E-state index contributed by atoms with van der Waals surface area (Å²) in [5.74, 6) is 0.716. The average Bonchev–Trinajstić information content (AvgIpc) is 2.79. The zero-order valence-electron chi connectivity index (χ0n) is 13.5. The minimum Gasteiger partial charge on any atom is -0.465 e. The van der Waals surface area contributed by atoms with Gasteiger partial charge in [0.2, 0.25) is 0 Å². The molecule has 1 heterocycles. The number of hydrogen-bond donors (Lipinski definition) is 2. The molecule has 22 heavy (non-hydrogen) atoms. The first kappa shape index (κ1) is 16.3. The van der Waals surface area contributed by atoms with Crippen LogP contribution in [0, 0.1) is 5.41 Å². The molecule has 1 amide bonds. The molecule has 0 aliphatic heterocycles. The largest absolute Gasteiger partial charge is 0.465 e. The Morgan fingerprint density at radius 2 is 2.09 bits per heavy atom. The summed E-state index contributed by atoms with van der Waals surface area (Å²) in [6.45, 7) is 7.15. The molecule has 1 aromatic heterocycles. The van der Waals surface area contributed by atoms with Crippen molar-refractivity contribution in [3.8, 4) is 0 Å². The molecule has 6 nitrogen and oxygen atoms in total. The van der Waals surface area contributed by atoms with Gasteiger partial charge in [0, 0.05) is 13.7 Å². The van der Waals surface area contributed by atoms with Gasteiger partial charge < -0.3 is 19.7 Å². The summed E-state index contributed by atoms with van der Waals surface area (Å²) in [6, 6.07) is 7.39. The minimum absolute atomic E-state index is 0.301. The molecule has 0 bridgehead atoms. The van der Waals surface area contributed by atoms with Crippen LogP contribution in [0.4, 0.5) is 4.79 Å². The maximum Gasteiger partial charge on any atom is 0.405 e. The third-order valence-corrected chi connectivity index (χ3v) is 3.60. The molecule has 6 heteroatoms. The average molecular weight is 305 g/mol. The van der Waals surface area contributed by atoms with E-state index in [1.807, 2.05) is 49.6 Å². The van der Waals surface area contributed by atoms with Crippen molar-refractivity contribution in [2.75, 3.05) is 13.7 Å². The maximum absolute atomic E-state index is 11.2. The van der Waals surface area contributed by atoms with Crippen LogP contribution >= 0.6 is 0 Å². The number of nitrogens with one attached hydrogen (secondary N) is 1. The molecule has 0 saturated carbocycles. The lowest BCUT2D eigenvalue weighted by Gasteiger charge is -2.30. The molecule has 0 radical (unpaired) electrons. The molecular weight excluding hydrogens is 282 g/mol. The number of nitrogens with zero attached hydrogens (tertiary/aromatic N) is 2. The van der Waals surface area contributed by atoms with Crippen molar-refractivity contribution in [3.05, 3.63) is 30.1 Å². The number of imidazole rings is 1. The molecule has 0 aliphatic carbocycles. The van der Waals surface area contributed by atoms with Crippen molar-refractivity contribution >= 4 is 17.1 Å². The third kappa shape index (κ3) is 3.39. The van der Waals surface area contributed by atoms with E-state index in [0.717, 1.165) is 11.0 Å². The summed E-state index contributed by atoms with van der Waals surface area (Å²) in [5.41, 5.74) is 1.54. The predicted octanol–water partition coefficient (Wildman–Crippen LogP) is 3.04. The van der Waals surface area contributed by atoms with E-state index >= 15 is 0 Å². The monoisotopic (exact) mass is 305 g/mol. The molecule has 120 valence electrons. The molecule has 1 atom stereocenters. The molecule has 0 saturated heterocycles. The van der Waals surface area contributed by atoms with E-state index in [9.17, 15) is 9.90 Å². The lowest BCUT2D eigenvalue weighted by atomic mass is 9.86. The summed E-state index contributed by atoms with van der Waals surface area (Å²) < 4.78 is 7.21. The van der Waals surface area contributed by atoms with E-state index in [-0.39, 0.29) is 5.41 Å². The number of carbonyl (C=O) groups is 1. The third-order valence-electron chi connectivity index (χ3n) is 3.60. The molecule has 2 aromatic rings. The highest BCUT2D eigenvalue weighted by Crippen LogP contribution is 2.34. The lowest BCUT2D eigenvalue weighted by molar-refractivity contribution is 0.167. The number of ether oxygens (including phenoxy) is 1. The highest BCUT2D eigenvalue weighted by atomic mass is 16.5. The number of rotatable bonds is 5.